The minimum atomic E-state index is -5.03. The Hall–Kier alpha value is -4.40. The minimum Gasteiger partial charge on any atom is -0.406 e. The number of hydrogen-bond acceptors (Lipinski definition) is 5. The molecule has 0 unspecified atom stereocenters. The summed E-state index contributed by atoms with van der Waals surface area (Å²) in [7, 11) is 0. The number of carbonyl (C=O) groups is 2. The zero-order chi connectivity index (χ0) is 29.6. The number of nitrogens with zero attached hydrogens (tertiary/aromatic N) is 3. The molecule has 2 amide bonds. The molecule has 40 heavy (non-hydrogen) atoms. The summed E-state index contributed by atoms with van der Waals surface area (Å²) in [5, 5.41) is 5.19. The minimum absolute atomic E-state index is 0.0753. The van der Waals surface area contributed by atoms with Crippen LogP contribution in [0.5, 0.6) is 5.75 Å². The Balaban J connectivity index is 1.72. The molecular formula is C24H15ClF7N5O3. The maximum Gasteiger partial charge on any atom is 0.573 e. The molecule has 16 heteroatoms. The van der Waals surface area contributed by atoms with Crippen LogP contribution in [0.2, 0.25) is 5.02 Å². The summed E-state index contributed by atoms with van der Waals surface area (Å²) in [6.07, 6.45) is -9.96. The maximum atomic E-state index is 14.0. The number of aromatic nitrogens is 3. The van der Waals surface area contributed by atoms with Crippen molar-refractivity contribution in [3.05, 3.63) is 81.5 Å². The quantitative estimate of drug-likeness (QED) is 0.274. The van der Waals surface area contributed by atoms with Crippen molar-refractivity contribution in [2.75, 3.05) is 5.32 Å². The van der Waals surface area contributed by atoms with Crippen LogP contribution in [-0.2, 0) is 12.7 Å². The monoisotopic (exact) mass is 589 g/mol. The van der Waals surface area contributed by atoms with Gasteiger partial charge in [0.05, 0.1) is 34.0 Å². The number of primary amides is 1. The number of rotatable bonds is 6. The van der Waals surface area contributed by atoms with Crippen LogP contribution in [-0.4, -0.2) is 32.9 Å². The molecule has 3 N–H and O–H groups in total. The number of benzene rings is 2. The number of hydrogen-bond donors (Lipinski definition) is 2. The molecule has 0 saturated heterocycles. The number of ether oxygens (including phenoxy) is 1. The number of nitrogens with one attached hydrogen (secondary N) is 1. The van der Waals surface area contributed by atoms with Gasteiger partial charge in [0.1, 0.15) is 17.3 Å². The largest absolute Gasteiger partial charge is 0.573 e. The summed E-state index contributed by atoms with van der Waals surface area (Å²) in [4.78, 5) is 28.8. The van der Waals surface area contributed by atoms with Crippen LogP contribution in [0.1, 0.15) is 37.8 Å². The van der Waals surface area contributed by atoms with Crippen molar-refractivity contribution in [3.63, 3.8) is 0 Å². The second kappa shape index (κ2) is 10.3. The van der Waals surface area contributed by atoms with E-state index in [4.69, 9.17) is 17.3 Å². The molecule has 4 aromatic rings. The van der Waals surface area contributed by atoms with Crippen molar-refractivity contribution in [1.82, 2.24) is 14.8 Å². The van der Waals surface area contributed by atoms with E-state index in [1.54, 1.807) is 0 Å². The molecule has 2 aromatic heterocycles. The molecule has 210 valence electrons. The molecule has 0 spiro atoms. The Morgan fingerprint density at radius 2 is 1.73 bits per heavy atom. The van der Waals surface area contributed by atoms with Crippen LogP contribution in [0.4, 0.5) is 36.4 Å². The van der Waals surface area contributed by atoms with Crippen molar-refractivity contribution < 1.29 is 45.1 Å². The first-order valence-corrected chi connectivity index (χ1v) is 11.3. The molecule has 4 rings (SSSR count). The lowest BCUT2D eigenvalue weighted by molar-refractivity contribution is -0.274. The lowest BCUT2D eigenvalue weighted by Crippen LogP contribution is -2.19. The van der Waals surface area contributed by atoms with Crippen molar-refractivity contribution in [3.8, 4) is 5.75 Å². The van der Waals surface area contributed by atoms with Crippen molar-refractivity contribution >= 4 is 40.0 Å². The maximum absolute atomic E-state index is 14.0. The molecule has 0 atom stereocenters. The standard InChI is InChI=1S/C24H15ClF7N5O3/c1-10-19(35-22(39)14-7-18(21(33)38)34-17-8-16(26)15(25)6-13(14)17)20(23(27,28)29)36-37(10)9-11-2-4-12(5-3-11)40-24(30,31)32/h2-8H,9H2,1H3,(H2,33,38)(H,35,39). The molecule has 0 aliphatic carbocycles. The van der Waals surface area contributed by atoms with Crippen LogP contribution < -0.4 is 15.8 Å². The first-order chi connectivity index (χ1) is 18.5. The summed E-state index contributed by atoms with van der Waals surface area (Å²) in [5.74, 6) is -3.68. The van der Waals surface area contributed by atoms with E-state index in [2.05, 4.69) is 20.1 Å². The number of halogens is 8. The van der Waals surface area contributed by atoms with Gasteiger partial charge in [-0.25, -0.2) is 9.37 Å². The highest BCUT2D eigenvalue weighted by atomic mass is 35.5. The summed E-state index contributed by atoms with van der Waals surface area (Å²) >= 11 is 5.81. The molecule has 0 saturated carbocycles. The van der Waals surface area contributed by atoms with Gasteiger partial charge in [0.2, 0.25) is 0 Å². The highest BCUT2D eigenvalue weighted by Crippen LogP contribution is 2.37. The summed E-state index contributed by atoms with van der Waals surface area (Å²) < 4.78 is 97.5. The Kier molecular flexibility index (Phi) is 7.36. The molecule has 0 aliphatic rings. The molecule has 0 radical (unpaired) electrons. The van der Waals surface area contributed by atoms with Gasteiger partial charge in [-0.05, 0) is 36.8 Å². The SMILES string of the molecule is Cc1c(NC(=O)c2cc(C(N)=O)nc3cc(F)c(Cl)cc23)c(C(F)(F)F)nn1Cc1ccc(OC(F)(F)F)cc1. The fraction of sp³-hybridized carbons (Fsp3) is 0.167. The average molecular weight is 590 g/mol. The fourth-order valence-electron chi connectivity index (χ4n) is 3.73. The number of alkyl halides is 6. The van der Waals surface area contributed by atoms with E-state index in [9.17, 15) is 40.3 Å². The smallest absolute Gasteiger partial charge is 0.406 e. The third-order valence-corrected chi connectivity index (χ3v) is 5.84. The predicted molar refractivity (Wildman–Crippen MR) is 127 cm³/mol. The van der Waals surface area contributed by atoms with Crippen LogP contribution in [0.15, 0.2) is 42.5 Å². The van der Waals surface area contributed by atoms with E-state index in [1.165, 1.54) is 19.1 Å². The van der Waals surface area contributed by atoms with Crippen LogP contribution in [0.3, 0.4) is 0 Å². The molecular weight excluding hydrogens is 575 g/mol. The topological polar surface area (TPSA) is 112 Å². The zero-order valence-electron chi connectivity index (χ0n) is 19.9. The third kappa shape index (κ3) is 6.09. The summed E-state index contributed by atoms with van der Waals surface area (Å²) in [5.41, 5.74) is 2.12. The highest BCUT2D eigenvalue weighted by molar-refractivity contribution is 6.31. The van der Waals surface area contributed by atoms with Gasteiger partial charge in [-0.2, -0.15) is 18.3 Å². The average Bonchev–Trinajstić information content (AvgIpc) is 3.14. The number of pyridine rings is 1. The number of fused-ring (bicyclic) bond motifs is 1. The first kappa shape index (κ1) is 28.6. The Bertz CT molecular complexity index is 1630. The first-order valence-electron chi connectivity index (χ1n) is 10.9. The van der Waals surface area contributed by atoms with E-state index < -0.39 is 58.0 Å². The van der Waals surface area contributed by atoms with Gasteiger partial charge in [0.15, 0.2) is 5.69 Å². The Labute approximate surface area is 224 Å². The van der Waals surface area contributed by atoms with Gasteiger partial charge in [-0.1, -0.05) is 23.7 Å². The van der Waals surface area contributed by atoms with Crippen molar-refractivity contribution in [1.29, 1.82) is 0 Å². The molecule has 0 bridgehead atoms. The number of nitrogens with two attached hydrogens (primary N) is 1. The highest BCUT2D eigenvalue weighted by Gasteiger charge is 2.39. The Morgan fingerprint density at radius 3 is 2.30 bits per heavy atom. The van der Waals surface area contributed by atoms with Crippen LogP contribution in [0.25, 0.3) is 10.9 Å². The summed E-state index contributed by atoms with van der Waals surface area (Å²) in [6, 6.07) is 7.13. The number of anilines is 1. The zero-order valence-corrected chi connectivity index (χ0v) is 20.7. The van der Waals surface area contributed by atoms with Gasteiger partial charge in [-0.15, -0.1) is 13.2 Å². The lowest BCUT2D eigenvalue weighted by atomic mass is 10.1. The second-order valence-electron chi connectivity index (χ2n) is 8.31. The van der Waals surface area contributed by atoms with Gasteiger partial charge in [-0.3, -0.25) is 14.3 Å². The van der Waals surface area contributed by atoms with Crippen molar-refractivity contribution in [2.24, 2.45) is 5.73 Å². The Morgan fingerprint density at radius 1 is 1.07 bits per heavy atom. The normalized spacial score (nSPS) is 12.0. The van der Waals surface area contributed by atoms with Gasteiger partial charge in [0.25, 0.3) is 11.8 Å². The van der Waals surface area contributed by atoms with Gasteiger partial charge < -0.3 is 15.8 Å². The molecule has 0 fully saturated rings. The van der Waals surface area contributed by atoms with E-state index >= 15 is 0 Å². The van der Waals surface area contributed by atoms with E-state index in [0.717, 1.165) is 35.0 Å². The summed E-state index contributed by atoms with van der Waals surface area (Å²) in [6.45, 7) is 0.917. The van der Waals surface area contributed by atoms with E-state index in [-0.39, 0.29) is 34.3 Å². The van der Waals surface area contributed by atoms with Crippen molar-refractivity contribution in [2.45, 2.75) is 26.0 Å². The van der Waals surface area contributed by atoms with E-state index in [1.807, 2.05) is 0 Å². The number of amides is 2. The van der Waals surface area contributed by atoms with E-state index in [0.29, 0.717) is 0 Å². The third-order valence-electron chi connectivity index (χ3n) is 5.55. The van der Waals surface area contributed by atoms with Gasteiger partial charge >= 0.3 is 12.5 Å². The molecule has 0 aliphatic heterocycles. The predicted octanol–water partition coefficient (Wildman–Crippen LogP) is 5.85. The second-order valence-corrected chi connectivity index (χ2v) is 8.72. The molecule has 2 heterocycles. The molecule has 8 nitrogen and oxygen atoms in total. The fourth-order valence-corrected chi connectivity index (χ4v) is 3.90. The van der Waals surface area contributed by atoms with Crippen LogP contribution >= 0.6 is 11.6 Å². The van der Waals surface area contributed by atoms with Gasteiger partial charge in [0, 0.05) is 11.5 Å². The number of carbonyl (C=O) groups excluding carboxylic acids is 2. The molecule has 2 aromatic carbocycles. The lowest BCUT2D eigenvalue weighted by Gasteiger charge is -2.12. The van der Waals surface area contributed by atoms with Crippen LogP contribution in [0, 0.1) is 12.7 Å².